The van der Waals surface area contributed by atoms with E-state index in [-0.39, 0.29) is 17.8 Å². The summed E-state index contributed by atoms with van der Waals surface area (Å²) < 4.78 is 13.5. The first-order chi connectivity index (χ1) is 14.6. The number of aromatic nitrogens is 1. The Morgan fingerprint density at radius 1 is 1.00 bits per heavy atom. The number of hydrogen-bond acceptors (Lipinski definition) is 3. The number of rotatable bonds is 5. The van der Waals surface area contributed by atoms with Crippen molar-refractivity contribution in [1.82, 2.24) is 9.88 Å². The van der Waals surface area contributed by atoms with Crippen molar-refractivity contribution in [2.75, 3.05) is 18.0 Å². The number of anilines is 1. The molecule has 1 aromatic heterocycles. The van der Waals surface area contributed by atoms with Crippen LogP contribution in [0.2, 0.25) is 0 Å². The normalized spacial score (nSPS) is 15.1. The second-order valence-electron chi connectivity index (χ2n) is 7.88. The van der Waals surface area contributed by atoms with E-state index in [0.29, 0.717) is 5.56 Å². The number of carbonyl (C=O) groups excluding carboxylic acids is 1. The van der Waals surface area contributed by atoms with Crippen LogP contribution in [0.25, 0.3) is 0 Å². The molecular weight excluding hydrogens is 377 g/mol. The molecule has 2 aromatic carbocycles. The molecule has 0 unspecified atom stereocenters. The fourth-order valence-corrected chi connectivity index (χ4v) is 4.01. The van der Waals surface area contributed by atoms with Crippen LogP contribution in [0.1, 0.15) is 34.3 Å². The van der Waals surface area contributed by atoms with Crippen LogP contribution in [0, 0.1) is 12.7 Å². The first-order valence-corrected chi connectivity index (χ1v) is 10.4. The van der Waals surface area contributed by atoms with Crippen LogP contribution in [0.4, 0.5) is 10.1 Å². The van der Waals surface area contributed by atoms with Crippen molar-refractivity contribution in [3.8, 4) is 0 Å². The van der Waals surface area contributed by atoms with Gasteiger partial charge in [0.2, 0.25) is 0 Å². The molecule has 30 heavy (non-hydrogen) atoms. The maximum Gasteiger partial charge on any atom is 0.258 e. The summed E-state index contributed by atoms with van der Waals surface area (Å²) in [6, 6.07) is 18.0. The molecule has 0 radical (unpaired) electrons. The topological polar surface area (TPSA) is 36.4 Å². The highest BCUT2D eigenvalue weighted by Gasteiger charge is 2.30. The minimum atomic E-state index is -0.298. The maximum atomic E-state index is 13.5. The maximum absolute atomic E-state index is 13.5. The molecule has 154 valence electrons. The molecule has 0 spiro atoms. The number of amides is 1. The molecule has 0 atom stereocenters. The van der Waals surface area contributed by atoms with Gasteiger partial charge in [-0.2, -0.15) is 0 Å². The minimum absolute atomic E-state index is 0.0332. The van der Waals surface area contributed by atoms with Crippen molar-refractivity contribution in [2.45, 2.75) is 32.4 Å². The number of carbonyl (C=O) groups is 1. The van der Waals surface area contributed by atoms with Crippen LogP contribution in [0.15, 0.2) is 73.1 Å². The van der Waals surface area contributed by atoms with Gasteiger partial charge in [-0.15, -0.1) is 0 Å². The van der Waals surface area contributed by atoms with Gasteiger partial charge in [0, 0.05) is 49.3 Å². The summed E-state index contributed by atoms with van der Waals surface area (Å²) >= 11 is 0. The lowest BCUT2D eigenvalue weighted by Gasteiger charge is -2.38. The van der Waals surface area contributed by atoms with E-state index in [2.05, 4.69) is 9.88 Å². The highest BCUT2D eigenvalue weighted by Crippen LogP contribution is 2.27. The summed E-state index contributed by atoms with van der Waals surface area (Å²) in [5.41, 5.74) is 3.76. The number of piperidine rings is 1. The number of pyridine rings is 1. The van der Waals surface area contributed by atoms with E-state index in [1.807, 2.05) is 60.6 Å². The Morgan fingerprint density at radius 2 is 1.63 bits per heavy atom. The number of likely N-dealkylation sites (tertiary alicyclic amines) is 1. The molecule has 1 aliphatic heterocycles. The van der Waals surface area contributed by atoms with Crippen molar-refractivity contribution >= 4 is 11.6 Å². The monoisotopic (exact) mass is 403 g/mol. The summed E-state index contributed by atoms with van der Waals surface area (Å²) in [6.45, 7) is 4.71. The van der Waals surface area contributed by atoms with Gasteiger partial charge in [0.15, 0.2) is 0 Å². The molecular formula is C25H26FN3O. The number of benzene rings is 2. The molecule has 4 rings (SSSR count). The van der Waals surface area contributed by atoms with Crippen LogP contribution in [-0.4, -0.2) is 34.9 Å². The Kier molecular flexibility index (Phi) is 6.19. The first-order valence-electron chi connectivity index (χ1n) is 10.4. The molecule has 1 fully saturated rings. The van der Waals surface area contributed by atoms with E-state index in [4.69, 9.17) is 0 Å². The zero-order valence-electron chi connectivity index (χ0n) is 17.2. The van der Waals surface area contributed by atoms with Gasteiger partial charge in [-0.1, -0.05) is 17.7 Å². The largest absolute Gasteiger partial charge is 0.305 e. The Bertz CT molecular complexity index is 966. The average molecular weight is 404 g/mol. The molecule has 1 amide bonds. The van der Waals surface area contributed by atoms with Gasteiger partial charge >= 0.3 is 0 Å². The summed E-state index contributed by atoms with van der Waals surface area (Å²) in [6.07, 6.45) is 5.39. The summed E-state index contributed by atoms with van der Waals surface area (Å²) in [5, 5.41) is 0. The summed E-state index contributed by atoms with van der Waals surface area (Å²) in [5.74, 6) is -0.331. The molecule has 1 aliphatic rings. The van der Waals surface area contributed by atoms with Crippen LogP contribution in [0.5, 0.6) is 0 Å². The standard InChI is InChI=1S/C25H26FN3O/c1-19-2-4-21(5-3-19)25(30)29(23-8-6-22(26)7-9-23)24-12-16-28(17-13-24)18-20-10-14-27-15-11-20/h2-11,14-15,24H,12-13,16-18H2,1H3. The number of aryl methyl sites for hydroxylation is 1. The molecule has 1 saturated heterocycles. The summed E-state index contributed by atoms with van der Waals surface area (Å²) in [4.78, 5) is 21.8. The molecule has 0 bridgehead atoms. The van der Waals surface area contributed by atoms with Gasteiger partial charge in [0.25, 0.3) is 5.91 Å². The molecule has 0 N–H and O–H groups in total. The van der Waals surface area contributed by atoms with Crippen molar-refractivity contribution in [3.63, 3.8) is 0 Å². The Hall–Kier alpha value is -3.05. The van der Waals surface area contributed by atoms with Gasteiger partial charge < -0.3 is 4.90 Å². The molecule has 2 heterocycles. The van der Waals surface area contributed by atoms with Crippen molar-refractivity contribution in [1.29, 1.82) is 0 Å². The van der Waals surface area contributed by atoms with Gasteiger partial charge in [-0.05, 0) is 73.9 Å². The lowest BCUT2D eigenvalue weighted by Crippen LogP contribution is -2.47. The lowest BCUT2D eigenvalue weighted by molar-refractivity contribution is 0.0958. The van der Waals surface area contributed by atoms with E-state index < -0.39 is 0 Å². The van der Waals surface area contributed by atoms with Crippen molar-refractivity contribution in [3.05, 3.63) is 95.6 Å². The predicted molar refractivity (Wildman–Crippen MR) is 117 cm³/mol. The third-order valence-corrected chi connectivity index (χ3v) is 5.70. The SMILES string of the molecule is Cc1ccc(C(=O)N(c2ccc(F)cc2)C2CCN(Cc3ccncc3)CC2)cc1. The summed E-state index contributed by atoms with van der Waals surface area (Å²) in [7, 11) is 0. The van der Waals surface area contributed by atoms with E-state index in [0.717, 1.165) is 43.7 Å². The van der Waals surface area contributed by atoms with Crippen LogP contribution >= 0.6 is 0 Å². The number of hydrogen-bond donors (Lipinski definition) is 0. The van der Waals surface area contributed by atoms with Crippen molar-refractivity contribution < 1.29 is 9.18 Å². The lowest BCUT2D eigenvalue weighted by atomic mass is 10.00. The van der Waals surface area contributed by atoms with Gasteiger partial charge in [0.1, 0.15) is 5.82 Å². The fourth-order valence-electron chi connectivity index (χ4n) is 4.01. The highest BCUT2D eigenvalue weighted by molar-refractivity contribution is 6.06. The Labute approximate surface area is 177 Å². The highest BCUT2D eigenvalue weighted by atomic mass is 19.1. The van der Waals surface area contributed by atoms with E-state index in [9.17, 15) is 9.18 Å². The van der Waals surface area contributed by atoms with Crippen LogP contribution < -0.4 is 4.90 Å². The Balaban J connectivity index is 1.52. The second kappa shape index (κ2) is 9.18. The van der Waals surface area contributed by atoms with Crippen molar-refractivity contribution in [2.24, 2.45) is 0 Å². The average Bonchev–Trinajstić information content (AvgIpc) is 2.77. The fraction of sp³-hybridized carbons (Fsp3) is 0.280. The first kappa shape index (κ1) is 20.2. The quantitative estimate of drug-likeness (QED) is 0.612. The predicted octanol–water partition coefficient (Wildman–Crippen LogP) is 4.84. The molecule has 4 nitrogen and oxygen atoms in total. The molecule has 5 heteroatoms. The zero-order valence-corrected chi connectivity index (χ0v) is 17.2. The van der Waals surface area contributed by atoms with Gasteiger partial charge in [-0.25, -0.2) is 4.39 Å². The number of nitrogens with zero attached hydrogens (tertiary/aromatic N) is 3. The van der Waals surface area contributed by atoms with E-state index >= 15 is 0 Å². The second-order valence-corrected chi connectivity index (χ2v) is 7.88. The van der Waals surface area contributed by atoms with Gasteiger partial charge in [0.05, 0.1) is 0 Å². The zero-order chi connectivity index (χ0) is 20.9. The number of halogens is 1. The van der Waals surface area contributed by atoms with Gasteiger partial charge in [-0.3, -0.25) is 14.7 Å². The molecule has 3 aromatic rings. The molecule has 0 aliphatic carbocycles. The molecule has 0 saturated carbocycles. The van der Waals surface area contributed by atoms with E-state index in [1.54, 1.807) is 12.1 Å². The van der Waals surface area contributed by atoms with Crippen LogP contribution in [-0.2, 0) is 6.54 Å². The minimum Gasteiger partial charge on any atom is -0.305 e. The smallest absolute Gasteiger partial charge is 0.258 e. The van der Waals surface area contributed by atoms with E-state index in [1.165, 1.54) is 17.7 Å². The Morgan fingerprint density at radius 3 is 2.27 bits per heavy atom. The third kappa shape index (κ3) is 4.74. The van der Waals surface area contributed by atoms with Crippen LogP contribution in [0.3, 0.4) is 0 Å². The third-order valence-electron chi connectivity index (χ3n) is 5.70.